The number of pyridine rings is 1. The minimum atomic E-state index is 0.135. The number of nitrogens with zero attached hydrogens (tertiary/aromatic N) is 11. The summed E-state index contributed by atoms with van der Waals surface area (Å²) in [5.74, 6) is 3.52. The van der Waals surface area contributed by atoms with Crippen LogP contribution in [0.1, 0.15) is 45.1 Å². The van der Waals surface area contributed by atoms with Crippen molar-refractivity contribution in [3.05, 3.63) is 91.0 Å². The maximum atomic E-state index is 11.6. The van der Waals surface area contributed by atoms with Crippen molar-refractivity contribution >= 4 is 80.2 Å². The van der Waals surface area contributed by atoms with Crippen LogP contribution < -0.4 is 41.3 Å². The van der Waals surface area contributed by atoms with E-state index in [0.29, 0.717) is 35.1 Å². The first-order chi connectivity index (χ1) is 36.2. The van der Waals surface area contributed by atoms with Gasteiger partial charge >= 0.3 is 0 Å². The molecule has 0 radical (unpaired) electrons. The summed E-state index contributed by atoms with van der Waals surface area (Å²) in [4.78, 5) is 63.7. The minimum Gasteiger partial charge on any atom is -0.369 e. The highest BCUT2D eigenvalue weighted by molar-refractivity contribution is 6.01. The number of carbonyl (C=O) groups is 2. The lowest BCUT2D eigenvalue weighted by molar-refractivity contribution is -0.129. The normalized spacial score (nSPS) is 16.6. The van der Waals surface area contributed by atoms with Crippen molar-refractivity contribution in [2.75, 3.05) is 123 Å². The maximum absolute atomic E-state index is 11.6. The molecule has 74 heavy (non-hydrogen) atoms. The molecular formula is C54H66N18O2. The van der Waals surface area contributed by atoms with Crippen LogP contribution in [0, 0.1) is 17.2 Å². The second-order valence-electron chi connectivity index (χ2n) is 19.5. The second kappa shape index (κ2) is 22.8. The van der Waals surface area contributed by atoms with Gasteiger partial charge in [-0.1, -0.05) is 0 Å². The van der Waals surface area contributed by atoms with Gasteiger partial charge in [-0.2, -0.15) is 25.2 Å². The summed E-state index contributed by atoms with van der Waals surface area (Å²) in [7, 11) is 2.05. The molecule has 7 aromatic rings. The van der Waals surface area contributed by atoms with Gasteiger partial charge in [0.05, 0.1) is 16.3 Å². The highest BCUT2D eigenvalue weighted by Gasteiger charge is 2.25. The molecule has 2 aromatic carbocycles. The SMILES string of the molecule is CC(=O)N1CCN(c2ccc(Nc3nc(N(C)C4CCNCC4)c4c(C#N)c[nH]c4n3)cc2)CC1.CC(=O)N1CCN(c2ccc(Nc3nc(NCC4CCNCC4)c4c(-c5ccncc5)c[nH]c4n3)cc2)CC1. The predicted octanol–water partition coefficient (Wildman–Crippen LogP) is 6.27. The number of nitriles is 1. The number of aromatic amines is 2. The molecule has 20 nitrogen and oxygen atoms in total. The van der Waals surface area contributed by atoms with Crippen LogP contribution in [0.25, 0.3) is 33.2 Å². The van der Waals surface area contributed by atoms with E-state index in [1.807, 2.05) is 40.3 Å². The van der Waals surface area contributed by atoms with Crippen LogP contribution in [0.2, 0.25) is 0 Å². The average Bonchev–Trinajstić information content (AvgIpc) is 4.08. The number of hydrogen-bond donors (Lipinski definition) is 7. The van der Waals surface area contributed by atoms with Crippen LogP contribution in [0.3, 0.4) is 0 Å². The van der Waals surface area contributed by atoms with Gasteiger partial charge in [-0.25, -0.2) is 0 Å². The number of amides is 2. The monoisotopic (exact) mass is 999 g/mol. The number of rotatable bonds is 12. The van der Waals surface area contributed by atoms with Crippen molar-refractivity contribution in [2.24, 2.45) is 5.92 Å². The first kappa shape index (κ1) is 49.6. The number of carbonyl (C=O) groups excluding carboxylic acids is 2. The fourth-order valence-corrected chi connectivity index (χ4v) is 10.4. The van der Waals surface area contributed by atoms with Crippen molar-refractivity contribution in [2.45, 2.75) is 45.6 Å². The van der Waals surface area contributed by atoms with Gasteiger partial charge in [0.15, 0.2) is 0 Å². The third kappa shape index (κ3) is 11.4. The molecule has 9 heterocycles. The standard InChI is InChI=1S/C29H35N9O.C25H31N9O/c1-20(39)37-14-16-38(17-15-37)24-4-2-23(3-5-24)34-29-35-27(32-18-21-6-10-30-11-7-21)26-25(19-33-28(26)36-29)22-8-12-31-13-9-22;1-17(35)33-11-13-34(14-12-33)21-5-3-19(4-6-21)29-25-30-23-22(18(15-26)16-28-23)24(31-25)32(2)20-7-9-27-10-8-20/h2-5,8-9,12-13,19,21,30H,6-7,10-11,14-18H2,1H3,(H3,32,33,34,35,36);3-6,16,20,27H,7-14H2,1-2H3,(H2,28,29,30,31). The Morgan fingerprint density at radius 3 is 1.72 bits per heavy atom. The van der Waals surface area contributed by atoms with E-state index in [1.165, 1.54) is 0 Å². The molecule has 4 aliphatic heterocycles. The van der Waals surface area contributed by atoms with Crippen molar-refractivity contribution < 1.29 is 9.59 Å². The van der Waals surface area contributed by atoms with Crippen LogP contribution in [0.5, 0.6) is 0 Å². The third-order valence-corrected chi connectivity index (χ3v) is 14.8. The molecule has 0 atom stereocenters. The van der Waals surface area contributed by atoms with E-state index in [1.54, 1.807) is 32.4 Å². The Morgan fingerprint density at radius 2 is 1.18 bits per heavy atom. The summed E-state index contributed by atoms with van der Waals surface area (Å²) < 4.78 is 0. The summed E-state index contributed by atoms with van der Waals surface area (Å²) in [5.41, 5.74) is 8.20. The van der Waals surface area contributed by atoms with Crippen LogP contribution in [0.15, 0.2) is 85.5 Å². The topological polar surface area (TPSA) is 230 Å². The highest BCUT2D eigenvalue weighted by Crippen LogP contribution is 2.35. The van der Waals surface area contributed by atoms with Crippen LogP contribution in [-0.4, -0.2) is 155 Å². The first-order valence-electron chi connectivity index (χ1n) is 25.9. The molecule has 0 unspecified atom stereocenters. The molecule has 4 aliphatic rings. The van der Waals surface area contributed by atoms with Gasteiger partial charge in [-0.3, -0.25) is 14.6 Å². The van der Waals surface area contributed by atoms with E-state index in [9.17, 15) is 14.9 Å². The number of piperidine rings is 2. The molecule has 2 amide bonds. The molecule has 20 heteroatoms. The lowest BCUT2D eigenvalue weighted by Crippen LogP contribution is -2.48. The number of benzene rings is 2. The Labute approximate surface area is 431 Å². The fraction of sp³-hybridized carbons (Fsp3) is 0.407. The van der Waals surface area contributed by atoms with E-state index >= 15 is 0 Å². The summed E-state index contributed by atoms with van der Waals surface area (Å²) in [5, 5.41) is 28.6. The van der Waals surface area contributed by atoms with E-state index in [-0.39, 0.29) is 11.8 Å². The number of hydrogen-bond acceptors (Lipinski definition) is 16. The van der Waals surface area contributed by atoms with E-state index in [2.05, 4.69) is 111 Å². The second-order valence-corrected chi connectivity index (χ2v) is 19.5. The number of aromatic nitrogens is 7. The molecule has 5 aromatic heterocycles. The number of nitrogens with one attached hydrogen (secondary N) is 7. The molecule has 7 N–H and O–H groups in total. The average molecular weight is 999 g/mol. The molecule has 4 fully saturated rings. The summed E-state index contributed by atoms with van der Waals surface area (Å²) in [6.07, 6.45) is 11.7. The van der Waals surface area contributed by atoms with Crippen molar-refractivity contribution in [1.29, 1.82) is 5.26 Å². The van der Waals surface area contributed by atoms with Crippen molar-refractivity contribution in [1.82, 2.24) is 55.3 Å². The van der Waals surface area contributed by atoms with Crippen LogP contribution >= 0.6 is 0 Å². The minimum absolute atomic E-state index is 0.135. The Balaban J connectivity index is 0.000000170. The Kier molecular flexibility index (Phi) is 15.3. The first-order valence-corrected chi connectivity index (χ1v) is 25.9. The van der Waals surface area contributed by atoms with Crippen LogP contribution in [-0.2, 0) is 9.59 Å². The Hall–Kier alpha value is -8.02. The highest BCUT2D eigenvalue weighted by atomic mass is 16.2. The zero-order valence-corrected chi connectivity index (χ0v) is 42.5. The summed E-state index contributed by atoms with van der Waals surface area (Å²) >= 11 is 0. The molecule has 384 valence electrons. The third-order valence-electron chi connectivity index (χ3n) is 14.8. The van der Waals surface area contributed by atoms with Gasteiger partial charge in [0, 0.05) is 139 Å². The molecule has 0 bridgehead atoms. The molecule has 11 rings (SSSR count). The molecular weight excluding hydrogens is 933 g/mol. The zero-order valence-electron chi connectivity index (χ0n) is 42.5. The van der Waals surface area contributed by atoms with Gasteiger partial charge in [0.2, 0.25) is 23.7 Å². The van der Waals surface area contributed by atoms with E-state index in [0.717, 1.165) is 173 Å². The summed E-state index contributed by atoms with van der Waals surface area (Å²) in [6, 6.07) is 23.2. The lowest BCUT2D eigenvalue weighted by atomic mass is 9.98. The van der Waals surface area contributed by atoms with Crippen molar-refractivity contribution in [3.63, 3.8) is 0 Å². The Morgan fingerprint density at radius 1 is 0.662 bits per heavy atom. The van der Waals surface area contributed by atoms with Gasteiger partial charge in [-0.15, -0.1) is 0 Å². The van der Waals surface area contributed by atoms with Crippen molar-refractivity contribution in [3.8, 4) is 17.2 Å². The molecule has 0 spiro atoms. The number of H-pyrrole nitrogens is 2. The predicted molar refractivity (Wildman–Crippen MR) is 292 cm³/mol. The number of anilines is 8. The van der Waals surface area contributed by atoms with Gasteiger partial charge in [0.1, 0.15) is 29.0 Å². The zero-order chi connectivity index (χ0) is 51.0. The molecule has 4 saturated heterocycles. The quantitative estimate of drug-likeness (QED) is 0.0715. The van der Waals surface area contributed by atoms with E-state index < -0.39 is 0 Å². The number of piperazine rings is 2. The van der Waals surface area contributed by atoms with Gasteiger partial charge < -0.3 is 61.1 Å². The fourth-order valence-electron chi connectivity index (χ4n) is 10.4. The number of fused-ring (bicyclic) bond motifs is 2. The summed E-state index contributed by atoms with van der Waals surface area (Å²) in [6.45, 7) is 14.5. The smallest absolute Gasteiger partial charge is 0.231 e. The van der Waals surface area contributed by atoms with Gasteiger partial charge in [-0.05, 0) is 124 Å². The maximum Gasteiger partial charge on any atom is 0.231 e. The largest absolute Gasteiger partial charge is 0.369 e. The Bertz CT molecular complexity index is 3050. The van der Waals surface area contributed by atoms with E-state index in [4.69, 9.17) is 15.0 Å². The van der Waals surface area contributed by atoms with Crippen LogP contribution in [0.4, 0.5) is 46.3 Å². The molecule has 0 aliphatic carbocycles. The molecule has 0 saturated carbocycles. The van der Waals surface area contributed by atoms with Gasteiger partial charge in [0.25, 0.3) is 0 Å². The lowest BCUT2D eigenvalue weighted by Gasteiger charge is -2.35.